The molecule has 0 bridgehead atoms. The molecule has 3 amide bonds. The molecule has 0 aromatic carbocycles. The fraction of sp³-hybridized carbons (Fsp3) is 0.812. The molecule has 3 N–H and O–H groups in total. The zero-order valence-electron chi connectivity index (χ0n) is 14.7. The minimum atomic E-state index is -0.728. The summed E-state index contributed by atoms with van der Waals surface area (Å²) in [5.41, 5.74) is 4.76. The summed E-state index contributed by atoms with van der Waals surface area (Å²) in [5.74, 6) is -0.972. The molecule has 0 aromatic heterocycles. The van der Waals surface area contributed by atoms with Crippen LogP contribution in [0.2, 0.25) is 0 Å². The van der Waals surface area contributed by atoms with Gasteiger partial charge in [-0.15, -0.1) is 0 Å². The van der Waals surface area contributed by atoms with Crippen LogP contribution in [0.5, 0.6) is 0 Å². The van der Waals surface area contributed by atoms with Crippen LogP contribution in [-0.4, -0.2) is 47.0 Å². The van der Waals surface area contributed by atoms with Crippen molar-refractivity contribution in [2.24, 2.45) is 11.7 Å². The third-order valence-corrected chi connectivity index (χ3v) is 4.00. The molecule has 1 fully saturated rings. The average molecular weight is 327 g/mol. The Hall–Kier alpha value is -1.79. The van der Waals surface area contributed by atoms with Crippen molar-refractivity contribution in [1.82, 2.24) is 10.2 Å². The van der Waals surface area contributed by atoms with Gasteiger partial charge in [0.15, 0.2) is 0 Å². The molecule has 1 aliphatic heterocycles. The zero-order valence-corrected chi connectivity index (χ0v) is 14.7. The number of carbonyl (C=O) groups is 3. The lowest BCUT2D eigenvalue weighted by atomic mass is 9.98. The summed E-state index contributed by atoms with van der Waals surface area (Å²) in [7, 11) is 0. The van der Waals surface area contributed by atoms with E-state index in [0.29, 0.717) is 19.4 Å². The molecule has 132 valence electrons. The SMILES string of the molecule is CC[C@@H](C)[C@H](NC(=O)[C@@H]1CCCN1C(=O)OC(C)(C)C)C(N)=O. The number of primary amides is 1. The third kappa shape index (κ3) is 5.41. The van der Waals surface area contributed by atoms with E-state index in [1.165, 1.54) is 4.90 Å². The first-order valence-corrected chi connectivity index (χ1v) is 8.16. The van der Waals surface area contributed by atoms with Crippen molar-refractivity contribution in [3.8, 4) is 0 Å². The van der Waals surface area contributed by atoms with E-state index in [2.05, 4.69) is 5.32 Å². The van der Waals surface area contributed by atoms with Gasteiger partial charge in [0, 0.05) is 6.54 Å². The zero-order chi connectivity index (χ0) is 17.8. The van der Waals surface area contributed by atoms with Crippen molar-refractivity contribution >= 4 is 17.9 Å². The Morgan fingerprint density at radius 3 is 2.43 bits per heavy atom. The second-order valence-corrected chi connectivity index (χ2v) is 7.11. The summed E-state index contributed by atoms with van der Waals surface area (Å²) < 4.78 is 5.34. The van der Waals surface area contributed by atoms with Crippen LogP contribution in [0.4, 0.5) is 4.79 Å². The molecule has 0 aliphatic carbocycles. The molecule has 23 heavy (non-hydrogen) atoms. The topological polar surface area (TPSA) is 102 Å². The second-order valence-electron chi connectivity index (χ2n) is 7.11. The van der Waals surface area contributed by atoms with Gasteiger partial charge < -0.3 is 15.8 Å². The van der Waals surface area contributed by atoms with Crippen LogP contribution in [0, 0.1) is 5.92 Å². The van der Waals surface area contributed by atoms with Gasteiger partial charge in [0.2, 0.25) is 11.8 Å². The second kappa shape index (κ2) is 7.66. The number of nitrogens with zero attached hydrogens (tertiary/aromatic N) is 1. The Labute approximate surface area is 137 Å². The van der Waals surface area contributed by atoms with Crippen molar-refractivity contribution in [1.29, 1.82) is 0 Å². The molecular formula is C16H29N3O4. The average Bonchev–Trinajstić information content (AvgIpc) is 2.91. The van der Waals surface area contributed by atoms with E-state index >= 15 is 0 Å². The summed E-state index contributed by atoms with van der Waals surface area (Å²) in [5, 5.41) is 2.69. The Morgan fingerprint density at radius 1 is 1.35 bits per heavy atom. The summed E-state index contributed by atoms with van der Waals surface area (Å²) in [6.07, 6.45) is 1.49. The monoisotopic (exact) mass is 327 g/mol. The smallest absolute Gasteiger partial charge is 0.410 e. The number of likely N-dealkylation sites (tertiary alicyclic amines) is 1. The van der Waals surface area contributed by atoms with Crippen molar-refractivity contribution in [3.05, 3.63) is 0 Å². The number of hydrogen-bond acceptors (Lipinski definition) is 4. The van der Waals surface area contributed by atoms with E-state index in [1.807, 2.05) is 13.8 Å². The fourth-order valence-corrected chi connectivity index (χ4v) is 2.56. The lowest BCUT2D eigenvalue weighted by Crippen LogP contribution is -2.54. The molecule has 0 radical (unpaired) electrons. The van der Waals surface area contributed by atoms with E-state index in [9.17, 15) is 14.4 Å². The number of nitrogens with two attached hydrogens (primary N) is 1. The van der Waals surface area contributed by atoms with Gasteiger partial charge in [0.05, 0.1) is 0 Å². The Morgan fingerprint density at radius 2 is 1.96 bits per heavy atom. The van der Waals surface area contributed by atoms with Gasteiger partial charge in [-0.2, -0.15) is 0 Å². The maximum absolute atomic E-state index is 12.5. The number of hydrogen-bond donors (Lipinski definition) is 2. The molecule has 1 saturated heterocycles. The molecule has 3 atom stereocenters. The Kier molecular flexibility index (Phi) is 6.41. The first-order chi connectivity index (χ1) is 10.6. The standard InChI is InChI=1S/C16H29N3O4/c1-6-10(2)12(13(17)20)18-14(21)11-8-7-9-19(11)15(22)23-16(3,4)5/h10-12H,6-9H2,1-5H3,(H2,17,20)(H,18,21)/t10-,11+,12+/m1/s1. The number of rotatable bonds is 5. The van der Waals surface area contributed by atoms with Crippen LogP contribution in [0.3, 0.4) is 0 Å². The highest BCUT2D eigenvalue weighted by molar-refractivity contribution is 5.91. The Balaban J connectivity index is 2.77. The molecular weight excluding hydrogens is 298 g/mol. The summed E-state index contributed by atoms with van der Waals surface area (Å²) in [6.45, 7) is 9.59. The largest absolute Gasteiger partial charge is 0.444 e. The first kappa shape index (κ1) is 19.3. The fourth-order valence-electron chi connectivity index (χ4n) is 2.56. The lowest BCUT2D eigenvalue weighted by molar-refractivity contribution is -0.131. The number of nitrogens with one attached hydrogen (secondary N) is 1. The summed E-state index contributed by atoms with van der Waals surface area (Å²) in [4.78, 5) is 37.7. The maximum Gasteiger partial charge on any atom is 0.410 e. The highest BCUT2D eigenvalue weighted by atomic mass is 16.6. The van der Waals surface area contributed by atoms with Crippen molar-refractivity contribution in [2.75, 3.05) is 6.54 Å². The highest BCUT2D eigenvalue weighted by Gasteiger charge is 2.38. The molecule has 7 nitrogen and oxygen atoms in total. The van der Waals surface area contributed by atoms with Crippen LogP contribution >= 0.6 is 0 Å². The predicted molar refractivity (Wildman–Crippen MR) is 86.5 cm³/mol. The summed E-state index contributed by atoms with van der Waals surface area (Å²) in [6, 6.07) is -1.34. The maximum atomic E-state index is 12.5. The Bertz CT molecular complexity index is 459. The lowest BCUT2D eigenvalue weighted by Gasteiger charge is -2.29. The van der Waals surface area contributed by atoms with Crippen molar-refractivity contribution in [2.45, 2.75) is 71.6 Å². The number of ether oxygens (including phenoxy) is 1. The molecule has 1 heterocycles. The van der Waals surface area contributed by atoms with Gasteiger partial charge in [0.1, 0.15) is 17.7 Å². The number of carbonyl (C=O) groups excluding carboxylic acids is 3. The quantitative estimate of drug-likeness (QED) is 0.797. The highest BCUT2D eigenvalue weighted by Crippen LogP contribution is 2.21. The third-order valence-electron chi connectivity index (χ3n) is 4.00. The van der Waals surface area contributed by atoms with E-state index in [1.54, 1.807) is 20.8 Å². The van der Waals surface area contributed by atoms with Crippen LogP contribution in [0.25, 0.3) is 0 Å². The van der Waals surface area contributed by atoms with E-state index in [4.69, 9.17) is 10.5 Å². The van der Waals surface area contributed by atoms with Gasteiger partial charge in [-0.05, 0) is 39.5 Å². The number of amides is 3. The van der Waals surface area contributed by atoms with E-state index < -0.39 is 29.7 Å². The van der Waals surface area contributed by atoms with E-state index in [0.717, 1.165) is 6.42 Å². The minimum absolute atomic E-state index is 0.0622. The van der Waals surface area contributed by atoms with Gasteiger partial charge in [-0.1, -0.05) is 20.3 Å². The van der Waals surface area contributed by atoms with Crippen LogP contribution in [0.15, 0.2) is 0 Å². The summed E-state index contributed by atoms with van der Waals surface area (Å²) >= 11 is 0. The van der Waals surface area contributed by atoms with Crippen LogP contribution in [-0.2, 0) is 14.3 Å². The van der Waals surface area contributed by atoms with Crippen molar-refractivity contribution in [3.63, 3.8) is 0 Å². The molecule has 1 rings (SSSR count). The van der Waals surface area contributed by atoms with Crippen LogP contribution in [0.1, 0.15) is 53.9 Å². The molecule has 0 aromatic rings. The van der Waals surface area contributed by atoms with Gasteiger partial charge >= 0.3 is 6.09 Å². The van der Waals surface area contributed by atoms with Crippen LogP contribution < -0.4 is 11.1 Å². The van der Waals surface area contributed by atoms with Gasteiger partial charge in [-0.3, -0.25) is 14.5 Å². The van der Waals surface area contributed by atoms with Crippen molar-refractivity contribution < 1.29 is 19.1 Å². The molecule has 0 unspecified atom stereocenters. The molecule has 0 saturated carbocycles. The molecule has 0 spiro atoms. The molecule has 7 heteroatoms. The molecule has 1 aliphatic rings. The van der Waals surface area contributed by atoms with Gasteiger partial charge in [0.25, 0.3) is 0 Å². The van der Waals surface area contributed by atoms with Gasteiger partial charge in [-0.25, -0.2) is 4.79 Å². The predicted octanol–water partition coefficient (Wildman–Crippen LogP) is 1.40. The van der Waals surface area contributed by atoms with E-state index in [-0.39, 0.29) is 11.8 Å². The minimum Gasteiger partial charge on any atom is -0.444 e. The normalized spacial score (nSPS) is 20.7. The first-order valence-electron chi connectivity index (χ1n) is 8.16.